The Labute approximate surface area is 142 Å². The monoisotopic (exact) mass is 333 g/mol. The molecule has 0 aliphatic heterocycles. The maximum atomic E-state index is 11.9. The molecule has 0 atom stereocenters. The highest BCUT2D eigenvalue weighted by molar-refractivity contribution is 6.04. The lowest BCUT2D eigenvalue weighted by Gasteiger charge is -2.08. The SMILES string of the molecule is Cn1c2ccccc2c2nnc(NNC(=O)Nc3ccccc3)nc21. The Hall–Kier alpha value is -3.68. The maximum Gasteiger partial charge on any atom is 0.337 e. The highest BCUT2D eigenvalue weighted by Gasteiger charge is 2.12. The first-order valence-corrected chi connectivity index (χ1v) is 7.68. The van der Waals surface area contributed by atoms with Crippen LogP contribution >= 0.6 is 0 Å². The van der Waals surface area contributed by atoms with E-state index >= 15 is 0 Å². The quantitative estimate of drug-likeness (QED) is 0.501. The number of hydrazine groups is 1. The fourth-order valence-corrected chi connectivity index (χ4v) is 2.66. The summed E-state index contributed by atoms with van der Waals surface area (Å²) >= 11 is 0. The standard InChI is InChI=1S/C17H15N7O/c1-24-13-10-6-5-9-12(13)14-15(24)19-16(21-20-14)22-23-17(25)18-11-7-3-2-4-8-11/h2-10H,1H3,(H2,18,23,25)(H,19,21,22). The fourth-order valence-electron chi connectivity index (χ4n) is 2.66. The summed E-state index contributed by atoms with van der Waals surface area (Å²) in [6.45, 7) is 0. The van der Waals surface area contributed by atoms with Crippen LogP contribution in [-0.4, -0.2) is 25.8 Å². The molecule has 0 bridgehead atoms. The first kappa shape index (κ1) is 14.9. The Morgan fingerprint density at radius 3 is 2.60 bits per heavy atom. The van der Waals surface area contributed by atoms with Crippen LogP contribution in [0.2, 0.25) is 0 Å². The minimum absolute atomic E-state index is 0.210. The summed E-state index contributed by atoms with van der Waals surface area (Å²) in [4.78, 5) is 16.3. The maximum absolute atomic E-state index is 11.9. The fraction of sp³-hybridized carbons (Fsp3) is 0.0588. The van der Waals surface area contributed by atoms with Crippen molar-refractivity contribution >= 4 is 39.7 Å². The third-order valence-electron chi connectivity index (χ3n) is 3.83. The van der Waals surface area contributed by atoms with Gasteiger partial charge in [0.2, 0.25) is 0 Å². The van der Waals surface area contributed by atoms with Crippen molar-refractivity contribution in [2.75, 3.05) is 10.7 Å². The van der Waals surface area contributed by atoms with Gasteiger partial charge in [0.15, 0.2) is 5.65 Å². The Kier molecular flexibility index (Phi) is 3.62. The Balaban J connectivity index is 1.53. The average Bonchev–Trinajstić information content (AvgIpc) is 2.93. The van der Waals surface area contributed by atoms with Gasteiger partial charge in [-0.25, -0.2) is 10.2 Å². The van der Waals surface area contributed by atoms with Crippen LogP contribution in [0.15, 0.2) is 54.6 Å². The van der Waals surface area contributed by atoms with Gasteiger partial charge >= 0.3 is 6.03 Å². The number of rotatable bonds is 3. The lowest BCUT2D eigenvalue weighted by atomic mass is 10.2. The number of anilines is 2. The number of carbonyl (C=O) groups is 1. The second kappa shape index (κ2) is 6.08. The molecule has 124 valence electrons. The normalized spacial score (nSPS) is 10.8. The Bertz CT molecular complexity index is 1060. The summed E-state index contributed by atoms with van der Waals surface area (Å²) < 4.78 is 1.94. The van der Waals surface area contributed by atoms with Crippen LogP contribution < -0.4 is 16.2 Å². The molecule has 2 heterocycles. The number of aromatic nitrogens is 4. The van der Waals surface area contributed by atoms with Crippen molar-refractivity contribution in [2.45, 2.75) is 0 Å². The van der Waals surface area contributed by atoms with Crippen molar-refractivity contribution in [3.05, 3.63) is 54.6 Å². The molecule has 2 aromatic carbocycles. The van der Waals surface area contributed by atoms with Crippen LogP contribution in [0.5, 0.6) is 0 Å². The molecule has 0 fully saturated rings. The smallest absolute Gasteiger partial charge is 0.327 e. The molecule has 4 aromatic rings. The van der Waals surface area contributed by atoms with Gasteiger partial charge in [-0.2, -0.15) is 4.98 Å². The van der Waals surface area contributed by atoms with Gasteiger partial charge in [-0.05, 0) is 18.2 Å². The summed E-state index contributed by atoms with van der Waals surface area (Å²) in [7, 11) is 1.92. The summed E-state index contributed by atoms with van der Waals surface area (Å²) in [6.07, 6.45) is 0. The molecule has 8 nitrogen and oxygen atoms in total. The molecule has 4 rings (SSSR count). The molecule has 0 aliphatic rings. The van der Waals surface area contributed by atoms with Crippen molar-refractivity contribution in [3.63, 3.8) is 0 Å². The van der Waals surface area contributed by atoms with Gasteiger partial charge in [-0.15, -0.1) is 10.2 Å². The molecule has 0 radical (unpaired) electrons. The molecule has 0 spiro atoms. The number of nitrogens with one attached hydrogen (secondary N) is 3. The molecule has 2 aromatic heterocycles. The van der Waals surface area contributed by atoms with Crippen LogP contribution in [0.4, 0.5) is 16.4 Å². The number of para-hydroxylation sites is 2. The zero-order valence-corrected chi connectivity index (χ0v) is 13.4. The number of amides is 2. The van der Waals surface area contributed by atoms with Gasteiger partial charge in [0.05, 0.1) is 5.52 Å². The predicted molar refractivity (Wildman–Crippen MR) is 96.0 cm³/mol. The van der Waals surface area contributed by atoms with Gasteiger partial charge in [-0.3, -0.25) is 5.43 Å². The average molecular weight is 333 g/mol. The van der Waals surface area contributed by atoms with E-state index in [9.17, 15) is 4.79 Å². The van der Waals surface area contributed by atoms with Crippen molar-refractivity contribution < 1.29 is 4.79 Å². The minimum Gasteiger partial charge on any atom is -0.327 e. The molecule has 3 N–H and O–H groups in total. The van der Waals surface area contributed by atoms with Gasteiger partial charge in [0.1, 0.15) is 5.52 Å². The number of hydrogen-bond acceptors (Lipinski definition) is 5. The summed E-state index contributed by atoms with van der Waals surface area (Å²) in [6, 6.07) is 16.6. The molecular weight excluding hydrogens is 318 g/mol. The summed E-state index contributed by atoms with van der Waals surface area (Å²) in [5.74, 6) is 0.210. The molecule has 25 heavy (non-hydrogen) atoms. The number of carbonyl (C=O) groups excluding carboxylic acids is 1. The van der Waals surface area contributed by atoms with E-state index in [0.29, 0.717) is 11.3 Å². The van der Waals surface area contributed by atoms with E-state index in [-0.39, 0.29) is 5.95 Å². The molecule has 0 saturated heterocycles. The lowest BCUT2D eigenvalue weighted by Crippen LogP contribution is -2.34. The first-order chi connectivity index (χ1) is 12.2. The van der Waals surface area contributed by atoms with Crippen LogP contribution in [-0.2, 0) is 7.05 Å². The number of fused-ring (bicyclic) bond motifs is 3. The van der Waals surface area contributed by atoms with E-state index in [2.05, 4.69) is 31.3 Å². The van der Waals surface area contributed by atoms with Crippen molar-refractivity contribution in [2.24, 2.45) is 7.05 Å². The number of benzene rings is 2. The van der Waals surface area contributed by atoms with Crippen molar-refractivity contribution in [1.82, 2.24) is 25.2 Å². The highest BCUT2D eigenvalue weighted by atomic mass is 16.2. The number of nitrogens with zero attached hydrogens (tertiary/aromatic N) is 4. The molecule has 8 heteroatoms. The van der Waals surface area contributed by atoms with Gasteiger partial charge < -0.3 is 9.88 Å². The molecule has 0 saturated carbocycles. The van der Waals surface area contributed by atoms with E-state index in [1.165, 1.54) is 0 Å². The minimum atomic E-state index is -0.424. The van der Waals surface area contributed by atoms with Crippen molar-refractivity contribution in [3.8, 4) is 0 Å². The van der Waals surface area contributed by atoms with E-state index < -0.39 is 6.03 Å². The largest absolute Gasteiger partial charge is 0.337 e. The van der Waals surface area contributed by atoms with Crippen LogP contribution in [0.25, 0.3) is 22.1 Å². The molecular formula is C17H15N7O. The summed E-state index contributed by atoms with van der Waals surface area (Å²) in [5.41, 5.74) is 8.27. The van der Waals surface area contributed by atoms with Crippen LogP contribution in [0.3, 0.4) is 0 Å². The summed E-state index contributed by atoms with van der Waals surface area (Å²) in [5, 5.41) is 11.9. The Morgan fingerprint density at radius 1 is 1.00 bits per heavy atom. The number of hydrogen-bond donors (Lipinski definition) is 3. The second-order valence-electron chi connectivity index (χ2n) is 5.45. The second-order valence-corrected chi connectivity index (χ2v) is 5.45. The Morgan fingerprint density at radius 2 is 1.76 bits per heavy atom. The highest BCUT2D eigenvalue weighted by Crippen LogP contribution is 2.24. The van der Waals surface area contributed by atoms with Gasteiger partial charge in [0, 0.05) is 18.1 Å². The lowest BCUT2D eigenvalue weighted by molar-refractivity contribution is 0.253. The first-order valence-electron chi connectivity index (χ1n) is 7.68. The van der Waals surface area contributed by atoms with E-state index in [1.807, 2.05) is 54.1 Å². The zero-order chi connectivity index (χ0) is 17.2. The topological polar surface area (TPSA) is 96.8 Å². The molecule has 0 unspecified atom stereocenters. The predicted octanol–water partition coefficient (Wildman–Crippen LogP) is 2.67. The van der Waals surface area contributed by atoms with Crippen LogP contribution in [0.1, 0.15) is 0 Å². The van der Waals surface area contributed by atoms with Crippen molar-refractivity contribution in [1.29, 1.82) is 0 Å². The number of urea groups is 1. The zero-order valence-electron chi connectivity index (χ0n) is 13.4. The number of aryl methyl sites for hydroxylation is 1. The van der Waals surface area contributed by atoms with Gasteiger partial charge in [0.25, 0.3) is 5.95 Å². The third kappa shape index (κ3) is 2.80. The van der Waals surface area contributed by atoms with E-state index in [0.717, 1.165) is 16.4 Å². The van der Waals surface area contributed by atoms with Gasteiger partial charge in [-0.1, -0.05) is 36.4 Å². The van der Waals surface area contributed by atoms with E-state index in [1.54, 1.807) is 12.1 Å². The molecule has 2 amide bonds. The third-order valence-corrected chi connectivity index (χ3v) is 3.83. The van der Waals surface area contributed by atoms with E-state index in [4.69, 9.17) is 0 Å². The van der Waals surface area contributed by atoms with Crippen LogP contribution in [0, 0.1) is 0 Å². The molecule has 0 aliphatic carbocycles.